The number of benzene rings is 1. The van der Waals surface area contributed by atoms with Crippen molar-refractivity contribution in [2.75, 3.05) is 19.7 Å². The molecule has 1 unspecified atom stereocenters. The zero-order valence-corrected chi connectivity index (χ0v) is 10.6. The van der Waals surface area contributed by atoms with Gasteiger partial charge in [0.2, 0.25) is 0 Å². The number of quaternary nitrogens is 1. The van der Waals surface area contributed by atoms with Crippen LogP contribution < -0.4 is 4.90 Å². The second kappa shape index (κ2) is 5.78. The van der Waals surface area contributed by atoms with Crippen molar-refractivity contribution in [2.45, 2.75) is 19.9 Å². The van der Waals surface area contributed by atoms with Gasteiger partial charge >= 0.3 is 5.97 Å². The van der Waals surface area contributed by atoms with Crippen molar-refractivity contribution in [3.63, 3.8) is 0 Å². The first-order valence-corrected chi connectivity index (χ1v) is 6.31. The Bertz CT molecular complexity index is 456. The minimum absolute atomic E-state index is 0.229. The van der Waals surface area contributed by atoms with E-state index in [4.69, 9.17) is 4.74 Å². The molecule has 2 rings (SSSR count). The van der Waals surface area contributed by atoms with Gasteiger partial charge in [-0.25, -0.2) is 4.79 Å². The first kappa shape index (κ1) is 12.8. The monoisotopic (exact) mass is 248 g/mol. The van der Waals surface area contributed by atoms with Crippen molar-refractivity contribution in [3.8, 4) is 0 Å². The predicted octanol–water partition coefficient (Wildman–Crippen LogP) is -0.240. The van der Waals surface area contributed by atoms with Crippen LogP contribution in [0.4, 0.5) is 0 Å². The average molecular weight is 248 g/mol. The first-order chi connectivity index (χ1) is 8.70. The van der Waals surface area contributed by atoms with Crippen molar-refractivity contribution < 1.29 is 19.2 Å². The highest BCUT2D eigenvalue weighted by molar-refractivity contribution is 6.34. The third-order valence-corrected chi connectivity index (χ3v) is 3.22. The van der Waals surface area contributed by atoms with E-state index in [1.165, 1.54) is 11.1 Å². The molecule has 0 saturated heterocycles. The van der Waals surface area contributed by atoms with Crippen molar-refractivity contribution in [1.82, 2.24) is 0 Å². The van der Waals surface area contributed by atoms with Crippen LogP contribution in [0.15, 0.2) is 24.3 Å². The average Bonchev–Trinajstić information content (AvgIpc) is 2.39. The number of ketones is 1. The Balaban J connectivity index is 1.94. The standard InChI is InChI=1S/C14H17NO3/c1-2-18-14(17)13(16)10-15-8-7-11-5-3-4-6-12(11)9-15/h3-6H,2,7-10H2,1H3/p+1. The van der Waals surface area contributed by atoms with Gasteiger partial charge in [-0.1, -0.05) is 24.3 Å². The molecule has 0 aliphatic carbocycles. The Morgan fingerprint density at radius 3 is 2.72 bits per heavy atom. The molecule has 0 fully saturated rings. The summed E-state index contributed by atoms with van der Waals surface area (Å²) in [5.74, 6) is -1.13. The minimum Gasteiger partial charge on any atom is -0.460 e. The second-order valence-electron chi connectivity index (χ2n) is 4.52. The maximum atomic E-state index is 11.6. The molecule has 1 N–H and O–H groups in total. The molecule has 1 aliphatic heterocycles. The molecular formula is C14H18NO3+. The highest BCUT2D eigenvalue weighted by atomic mass is 16.5. The van der Waals surface area contributed by atoms with Gasteiger partial charge < -0.3 is 9.64 Å². The van der Waals surface area contributed by atoms with Gasteiger partial charge in [0.15, 0.2) is 0 Å². The van der Waals surface area contributed by atoms with Crippen LogP contribution in [0, 0.1) is 0 Å². The van der Waals surface area contributed by atoms with E-state index in [0.29, 0.717) is 0 Å². The number of esters is 1. The number of Topliss-reactive ketones (excluding diaryl/α,β-unsaturated/α-hetero) is 1. The minimum atomic E-state index is -0.705. The van der Waals surface area contributed by atoms with E-state index in [1.54, 1.807) is 6.92 Å². The molecule has 0 spiro atoms. The van der Waals surface area contributed by atoms with Crippen molar-refractivity contribution in [1.29, 1.82) is 0 Å². The van der Waals surface area contributed by atoms with Gasteiger partial charge in [-0.05, 0) is 12.5 Å². The molecule has 0 radical (unpaired) electrons. The zero-order valence-electron chi connectivity index (χ0n) is 10.6. The van der Waals surface area contributed by atoms with E-state index in [-0.39, 0.29) is 13.2 Å². The molecule has 1 atom stereocenters. The quantitative estimate of drug-likeness (QED) is 0.591. The molecule has 0 bridgehead atoms. The van der Waals surface area contributed by atoms with Crippen LogP contribution >= 0.6 is 0 Å². The van der Waals surface area contributed by atoms with Crippen molar-refractivity contribution in [3.05, 3.63) is 35.4 Å². The van der Waals surface area contributed by atoms with Crippen LogP contribution in [-0.2, 0) is 27.3 Å². The number of carbonyl (C=O) groups is 2. The summed E-state index contributed by atoms with van der Waals surface area (Å²) in [6.07, 6.45) is 0.960. The number of hydrogen-bond donors (Lipinski definition) is 1. The van der Waals surface area contributed by atoms with Crippen LogP contribution in [0.1, 0.15) is 18.1 Å². The molecule has 0 aromatic heterocycles. The number of carbonyl (C=O) groups excluding carboxylic acids is 2. The summed E-state index contributed by atoms with van der Waals surface area (Å²) in [6.45, 7) is 3.88. The Labute approximate surface area is 107 Å². The third kappa shape index (κ3) is 2.96. The number of rotatable bonds is 4. The summed E-state index contributed by atoms with van der Waals surface area (Å²) < 4.78 is 4.71. The molecule has 4 nitrogen and oxygen atoms in total. The molecule has 96 valence electrons. The maximum Gasteiger partial charge on any atom is 0.380 e. The van der Waals surface area contributed by atoms with Gasteiger partial charge in [0, 0.05) is 12.0 Å². The largest absolute Gasteiger partial charge is 0.460 e. The smallest absolute Gasteiger partial charge is 0.380 e. The SMILES string of the molecule is CCOC(=O)C(=O)C[NH+]1CCc2ccccc2C1. The van der Waals surface area contributed by atoms with E-state index < -0.39 is 11.8 Å². The molecule has 4 heteroatoms. The lowest BCUT2D eigenvalue weighted by atomic mass is 10.00. The van der Waals surface area contributed by atoms with Crippen LogP contribution in [0.2, 0.25) is 0 Å². The number of ether oxygens (including phenoxy) is 1. The molecular weight excluding hydrogens is 230 g/mol. The maximum absolute atomic E-state index is 11.6. The Morgan fingerprint density at radius 1 is 1.28 bits per heavy atom. The molecule has 1 aromatic carbocycles. The van der Waals surface area contributed by atoms with Crippen molar-refractivity contribution in [2.24, 2.45) is 0 Å². The summed E-state index contributed by atoms with van der Waals surface area (Å²) in [7, 11) is 0. The topological polar surface area (TPSA) is 47.8 Å². The molecule has 18 heavy (non-hydrogen) atoms. The first-order valence-electron chi connectivity index (χ1n) is 6.31. The molecule has 1 heterocycles. The number of fused-ring (bicyclic) bond motifs is 1. The van der Waals surface area contributed by atoms with E-state index in [0.717, 1.165) is 24.4 Å². The highest BCUT2D eigenvalue weighted by Crippen LogP contribution is 2.10. The van der Waals surface area contributed by atoms with E-state index in [9.17, 15) is 9.59 Å². The van der Waals surface area contributed by atoms with Gasteiger partial charge in [-0.3, -0.25) is 4.79 Å². The molecule has 1 aromatic rings. The molecule has 0 amide bonds. The third-order valence-electron chi connectivity index (χ3n) is 3.22. The van der Waals surface area contributed by atoms with Gasteiger partial charge in [0.1, 0.15) is 13.1 Å². The normalized spacial score (nSPS) is 17.9. The molecule has 1 aliphatic rings. The van der Waals surface area contributed by atoms with Crippen LogP contribution in [0.5, 0.6) is 0 Å². The van der Waals surface area contributed by atoms with Crippen LogP contribution in [-0.4, -0.2) is 31.4 Å². The Morgan fingerprint density at radius 2 is 2.00 bits per heavy atom. The fraction of sp³-hybridized carbons (Fsp3) is 0.429. The van der Waals surface area contributed by atoms with Crippen LogP contribution in [0.25, 0.3) is 0 Å². The van der Waals surface area contributed by atoms with E-state index >= 15 is 0 Å². The fourth-order valence-corrected chi connectivity index (χ4v) is 2.30. The number of hydrogen-bond acceptors (Lipinski definition) is 3. The Kier molecular flexibility index (Phi) is 4.10. The lowest BCUT2D eigenvalue weighted by Crippen LogP contribution is -3.12. The number of nitrogens with one attached hydrogen (secondary N) is 1. The fourth-order valence-electron chi connectivity index (χ4n) is 2.30. The predicted molar refractivity (Wildman–Crippen MR) is 66.2 cm³/mol. The summed E-state index contributed by atoms with van der Waals surface area (Å²) >= 11 is 0. The van der Waals surface area contributed by atoms with E-state index in [1.807, 2.05) is 12.1 Å². The molecule has 0 saturated carbocycles. The second-order valence-corrected chi connectivity index (χ2v) is 4.52. The lowest BCUT2D eigenvalue weighted by molar-refractivity contribution is -0.907. The van der Waals surface area contributed by atoms with Gasteiger partial charge in [0.05, 0.1) is 13.2 Å². The van der Waals surface area contributed by atoms with Gasteiger partial charge in [-0.15, -0.1) is 0 Å². The van der Waals surface area contributed by atoms with Gasteiger partial charge in [-0.2, -0.15) is 0 Å². The van der Waals surface area contributed by atoms with Crippen LogP contribution in [0.3, 0.4) is 0 Å². The summed E-state index contributed by atoms with van der Waals surface area (Å²) in [6, 6.07) is 8.26. The summed E-state index contributed by atoms with van der Waals surface area (Å²) in [5.41, 5.74) is 2.63. The highest BCUT2D eigenvalue weighted by Gasteiger charge is 2.25. The van der Waals surface area contributed by atoms with Gasteiger partial charge in [0.25, 0.3) is 5.78 Å². The van der Waals surface area contributed by atoms with E-state index in [2.05, 4.69) is 12.1 Å². The summed E-state index contributed by atoms with van der Waals surface area (Å²) in [5, 5.41) is 0. The van der Waals surface area contributed by atoms with Crippen molar-refractivity contribution >= 4 is 11.8 Å². The Hall–Kier alpha value is -1.68. The lowest BCUT2D eigenvalue weighted by Gasteiger charge is -2.24. The zero-order chi connectivity index (χ0) is 13.0. The summed E-state index contributed by atoms with van der Waals surface area (Å²) in [4.78, 5) is 24.0.